The van der Waals surface area contributed by atoms with Gasteiger partial charge in [0.2, 0.25) is 23.6 Å². The Hall–Kier alpha value is -2.12. The number of carbonyl (C=O) groups excluding carboxylic acids is 4. The van der Waals surface area contributed by atoms with Crippen molar-refractivity contribution in [1.29, 1.82) is 0 Å². The summed E-state index contributed by atoms with van der Waals surface area (Å²) in [4.78, 5) is 51.6. The van der Waals surface area contributed by atoms with Gasteiger partial charge < -0.3 is 20.9 Å². The van der Waals surface area contributed by atoms with Gasteiger partial charge >= 0.3 is 0 Å². The number of amides is 4. The summed E-state index contributed by atoms with van der Waals surface area (Å²) in [5.74, 6) is -2.05. The van der Waals surface area contributed by atoms with Crippen LogP contribution in [0.25, 0.3) is 0 Å². The smallest absolute Gasteiger partial charge is 0.245 e. The van der Waals surface area contributed by atoms with Crippen LogP contribution >= 0.6 is 0 Å². The van der Waals surface area contributed by atoms with Crippen molar-refractivity contribution in [1.82, 2.24) is 20.9 Å². The molecule has 0 saturated carbocycles. The zero-order valence-electron chi connectivity index (χ0n) is 17.1. The fourth-order valence-electron chi connectivity index (χ4n) is 3.20. The third-order valence-corrected chi connectivity index (χ3v) is 5.16. The zero-order valence-corrected chi connectivity index (χ0v) is 17.1. The minimum absolute atomic E-state index is 0.177. The highest BCUT2D eigenvalue weighted by atomic mass is 16.2. The number of hydrogen-bond donors (Lipinski definition) is 3. The van der Waals surface area contributed by atoms with Gasteiger partial charge in [0.15, 0.2) is 0 Å². The van der Waals surface area contributed by atoms with Crippen molar-refractivity contribution in [3.63, 3.8) is 0 Å². The van der Waals surface area contributed by atoms with Crippen molar-refractivity contribution in [2.45, 2.75) is 66.0 Å². The van der Waals surface area contributed by atoms with Gasteiger partial charge in [-0.1, -0.05) is 13.8 Å². The fourth-order valence-corrected chi connectivity index (χ4v) is 3.20. The molecule has 0 aromatic carbocycles. The molecule has 8 heteroatoms. The normalized spacial score (nSPS) is 28.8. The molecule has 1 aliphatic rings. The largest absolute Gasteiger partial charge is 0.356 e. The van der Waals surface area contributed by atoms with E-state index in [2.05, 4.69) is 16.0 Å². The fraction of sp³-hybridized carbons (Fsp3) is 0.789. The van der Waals surface area contributed by atoms with Crippen LogP contribution in [0.15, 0.2) is 0 Å². The Morgan fingerprint density at radius 3 is 2.30 bits per heavy atom. The highest BCUT2D eigenvalue weighted by Crippen LogP contribution is 2.15. The number of nitrogens with zero attached hydrogens (tertiary/aromatic N) is 1. The predicted octanol–water partition coefficient (Wildman–Crippen LogP) is 0.417. The highest BCUT2D eigenvalue weighted by molar-refractivity contribution is 5.93. The van der Waals surface area contributed by atoms with Crippen molar-refractivity contribution >= 4 is 23.6 Å². The lowest BCUT2D eigenvalue weighted by Crippen LogP contribution is -2.56. The summed E-state index contributed by atoms with van der Waals surface area (Å²) >= 11 is 0. The lowest BCUT2D eigenvalue weighted by atomic mass is 9.93. The Bertz CT molecular complexity index is 552. The number of carbonyl (C=O) groups is 4. The maximum absolute atomic E-state index is 12.9. The third kappa shape index (κ3) is 6.22. The first-order valence-corrected chi connectivity index (χ1v) is 9.90. The minimum Gasteiger partial charge on any atom is -0.356 e. The molecule has 1 rings (SSSR count). The molecule has 0 aromatic rings. The van der Waals surface area contributed by atoms with E-state index in [9.17, 15) is 19.2 Å². The topological polar surface area (TPSA) is 108 Å². The van der Waals surface area contributed by atoms with Crippen LogP contribution in [-0.2, 0) is 19.2 Å². The Kier molecular flexibility index (Phi) is 9.25. The lowest BCUT2D eigenvalue weighted by molar-refractivity contribution is -0.144. The molecule has 0 bridgehead atoms. The molecule has 1 saturated heterocycles. The van der Waals surface area contributed by atoms with Crippen LogP contribution in [0.3, 0.4) is 0 Å². The van der Waals surface area contributed by atoms with E-state index in [1.165, 1.54) is 4.90 Å². The average molecular weight is 383 g/mol. The van der Waals surface area contributed by atoms with Gasteiger partial charge in [-0.2, -0.15) is 0 Å². The summed E-state index contributed by atoms with van der Waals surface area (Å²) in [6.07, 6.45) is 1.92. The summed E-state index contributed by atoms with van der Waals surface area (Å²) in [5, 5.41) is 8.34. The molecule has 154 valence electrons. The first kappa shape index (κ1) is 22.9. The van der Waals surface area contributed by atoms with Gasteiger partial charge in [0.25, 0.3) is 0 Å². The second kappa shape index (κ2) is 10.9. The predicted molar refractivity (Wildman–Crippen MR) is 103 cm³/mol. The van der Waals surface area contributed by atoms with Gasteiger partial charge in [-0.25, -0.2) is 0 Å². The van der Waals surface area contributed by atoms with Crippen LogP contribution in [0.1, 0.15) is 53.9 Å². The molecule has 0 radical (unpaired) electrons. The molecule has 4 amide bonds. The molecular weight excluding hydrogens is 348 g/mol. The van der Waals surface area contributed by atoms with Crippen molar-refractivity contribution < 1.29 is 19.2 Å². The second-order valence-corrected chi connectivity index (χ2v) is 7.13. The van der Waals surface area contributed by atoms with Crippen molar-refractivity contribution in [3.05, 3.63) is 0 Å². The van der Waals surface area contributed by atoms with E-state index >= 15 is 0 Å². The summed E-state index contributed by atoms with van der Waals surface area (Å²) in [6, 6.07) is -1.35. The van der Waals surface area contributed by atoms with Crippen LogP contribution in [-0.4, -0.2) is 60.2 Å². The zero-order chi connectivity index (χ0) is 20.6. The SMILES string of the molecule is CCNC(=O)[C@@H]1CCCCNC(=O)C(C)C(C)C(=O)N[C@@H](C)C(=O)N1CC. The van der Waals surface area contributed by atoms with Gasteiger partial charge in [-0.3, -0.25) is 19.2 Å². The van der Waals surface area contributed by atoms with Gasteiger partial charge in [0.05, 0.1) is 0 Å². The van der Waals surface area contributed by atoms with Crippen LogP contribution in [0.5, 0.6) is 0 Å². The molecule has 0 aliphatic carbocycles. The first-order chi connectivity index (χ1) is 12.7. The number of nitrogens with one attached hydrogen (secondary N) is 3. The molecular formula is C19H34N4O4. The van der Waals surface area contributed by atoms with E-state index in [-0.39, 0.29) is 23.6 Å². The van der Waals surface area contributed by atoms with Gasteiger partial charge in [-0.05, 0) is 40.0 Å². The van der Waals surface area contributed by atoms with Crippen molar-refractivity contribution in [3.8, 4) is 0 Å². The number of hydrogen-bond acceptors (Lipinski definition) is 4. The molecule has 27 heavy (non-hydrogen) atoms. The van der Waals surface area contributed by atoms with Crippen LogP contribution in [0.4, 0.5) is 0 Å². The highest BCUT2D eigenvalue weighted by Gasteiger charge is 2.33. The number of likely N-dealkylation sites (N-methyl/N-ethyl adjacent to an activating group) is 2. The van der Waals surface area contributed by atoms with E-state index in [1.54, 1.807) is 20.8 Å². The molecule has 0 aromatic heterocycles. The Morgan fingerprint density at radius 1 is 1.07 bits per heavy atom. The van der Waals surface area contributed by atoms with Crippen LogP contribution < -0.4 is 16.0 Å². The molecule has 1 fully saturated rings. The maximum atomic E-state index is 12.9. The first-order valence-electron chi connectivity index (χ1n) is 9.90. The van der Waals surface area contributed by atoms with Gasteiger partial charge in [-0.15, -0.1) is 0 Å². The van der Waals surface area contributed by atoms with E-state index in [0.29, 0.717) is 38.9 Å². The van der Waals surface area contributed by atoms with E-state index in [0.717, 1.165) is 0 Å². The van der Waals surface area contributed by atoms with Crippen molar-refractivity contribution in [2.75, 3.05) is 19.6 Å². The lowest BCUT2D eigenvalue weighted by Gasteiger charge is -2.33. The van der Waals surface area contributed by atoms with Gasteiger partial charge in [0, 0.05) is 31.5 Å². The molecule has 4 atom stereocenters. The Labute approximate surface area is 161 Å². The summed E-state index contributed by atoms with van der Waals surface area (Å²) < 4.78 is 0. The molecule has 0 spiro atoms. The van der Waals surface area contributed by atoms with E-state index < -0.39 is 23.9 Å². The summed E-state index contributed by atoms with van der Waals surface area (Å²) in [6.45, 7) is 10.0. The van der Waals surface area contributed by atoms with Crippen molar-refractivity contribution in [2.24, 2.45) is 11.8 Å². The van der Waals surface area contributed by atoms with Gasteiger partial charge in [0.1, 0.15) is 12.1 Å². The summed E-state index contributed by atoms with van der Waals surface area (Å²) in [5.41, 5.74) is 0. The molecule has 1 heterocycles. The molecule has 8 nitrogen and oxygen atoms in total. The minimum atomic E-state index is -0.768. The second-order valence-electron chi connectivity index (χ2n) is 7.13. The van der Waals surface area contributed by atoms with Crippen LogP contribution in [0, 0.1) is 11.8 Å². The maximum Gasteiger partial charge on any atom is 0.245 e. The number of rotatable bonds is 3. The van der Waals surface area contributed by atoms with E-state index in [4.69, 9.17) is 0 Å². The Morgan fingerprint density at radius 2 is 1.70 bits per heavy atom. The van der Waals surface area contributed by atoms with Crippen LogP contribution in [0.2, 0.25) is 0 Å². The quantitative estimate of drug-likeness (QED) is 0.657. The molecule has 3 N–H and O–H groups in total. The average Bonchev–Trinajstić information content (AvgIpc) is 2.64. The standard InChI is InChI=1S/C19H34N4O4/c1-6-20-18(26)15-10-8-9-11-21-16(24)12(3)13(4)17(25)22-14(5)19(27)23(15)7-2/h12-15H,6-11H2,1-5H3,(H,20,26)(H,21,24)(H,22,25)/t12?,13?,14-,15-/m0/s1. The summed E-state index contributed by atoms with van der Waals surface area (Å²) in [7, 11) is 0. The monoisotopic (exact) mass is 382 g/mol. The van der Waals surface area contributed by atoms with E-state index in [1.807, 2.05) is 13.8 Å². The third-order valence-electron chi connectivity index (χ3n) is 5.16. The molecule has 2 unspecified atom stereocenters. The molecule has 1 aliphatic heterocycles. The Balaban J connectivity index is 3.08.